The highest BCUT2D eigenvalue weighted by Crippen LogP contribution is 2.50. The Morgan fingerprint density at radius 1 is 1.26 bits per heavy atom. The van der Waals surface area contributed by atoms with Crippen LogP contribution in [-0.2, 0) is 0 Å². The van der Waals surface area contributed by atoms with E-state index < -0.39 is 0 Å². The molecule has 1 aliphatic rings. The largest absolute Gasteiger partial charge is 0.494 e. The maximum absolute atomic E-state index is 5.64. The maximum Gasteiger partial charge on any atom is 0.119 e. The van der Waals surface area contributed by atoms with Gasteiger partial charge in [-0.1, -0.05) is 31.9 Å². The number of nitrogens with one attached hydrogen (secondary N) is 1. The summed E-state index contributed by atoms with van der Waals surface area (Å²) >= 11 is 0. The second kappa shape index (κ2) is 6.42. The van der Waals surface area contributed by atoms with Crippen molar-refractivity contribution < 1.29 is 4.74 Å². The van der Waals surface area contributed by atoms with Gasteiger partial charge in [-0.2, -0.15) is 0 Å². The van der Waals surface area contributed by atoms with Gasteiger partial charge in [-0.25, -0.2) is 0 Å². The Balaban J connectivity index is 2.27. The molecule has 1 N–H and O–H groups in total. The van der Waals surface area contributed by atoms with Crippen molar-refractivity contribution in [1.29, 1.82) is 0 Å². The molecule has 19 heavy (non-hydrogen) atoms. The minimum Gasteiger partial charge on any atom is -0.494 e. The molecule has 1 fully saturated rings. The van der Waals surface area contributed by atoms with Crippen LogP contribution in [0.15, 0.2) is 24.3 Å². The first-order chi connectivity index (χ1) is 9.25. The van der Waals surface area contributed by atoms with Gasteiger partial charge in [0, 0.05) is 6.04 Å². The van der Waals surface area contributed by atoms with E-state index in [4.69, 9.17) is 4.74 Å². The van der Waals surface area contributed by atoms with Crippen LogP contribution in [0.1, 0.15) is 57.6 Å². The van der Waals surface area contributed by atoms with E-state index in [-0.39, 0.29) is 0 Å². The molecule has 0 spiro atoms. The first-order valence-electron chi connectivity index (χ1n) is 7.66. The van der Waals surface area contributed by atoms with E-state index in [0.29, 0.717) is 11.5 Å². The molecule has 1 saturated carbocycles. The zero-order valence-electron chi connectivity index (χ0n) is 12.5. The molecule has 2 nitrogen and oxygen atoms in total. The Labute approximate surface area is 117 Å². The van der Waals surface area contributed by atoms with Crippen LogP contribution in [0.2, 0.25) is 0 Å². The summed E-state index contributed by atoms with van der Waals surface area (Å²) in [5.74, 6) is 0.990. The monoisotopic (exact) mass is 261 g/mol. The molecule has 0 amide bonds. The first kappa shape index (κ1) is 14.4. The lowest BCUT2D eigenvalue weighted by Crippen LogP contribution is -2.34. The van der Waals surface area contributed by atoms with Crippen molar-refractivity contribution in [1.82, 2.24) is 5.32 Å². The van der Waals surface area contributed by atoms with Gasteiger partial charge < -0.3 is 10.1 Å². The summed E-state index contributed by atoms with van der Waals surface area (Å²) in [6, 6.07) is 9.05. The van der Waals surface area contributed by atoms with Crippen LogP contribution in [0, 0.1) is 5.41 Å². The van der Waals surface area contributed by atoms with Crippen molar-refractivity contribution in [3.63, 3.8) is 0 Å². The van der Waals surface area contributed by atoms with Crippen LogP contribution in [0.25, 0.3) is 0 Å². The molecular weight excluding hydrogens is 234 g/mol. The van der Waals surface area contributed by atoms with Crippen LogP contribution in [-0.4, -0.2) is 13.7 Å². The summed E-state index contributed by atoms with van der Waals surface area (Å²) in [6.07, 6.45) is 6.67. The van der Waals surface area contributed by atoms with Crippen molar-refractivity contribution in [2.45, 2.75) is 52.0 Å². The normalized spacial score (nSPS) is 19.3. The summed E-state index contributed by atoms with van der Waals surface area (Å²) in [7, 11) is 2.09. The van der Waals surface area contributed by atoms with E-state index in [9.17, 15) is 0 Å². The molecule has 0 bridgehead atoms. The number of benzene rings is 1. The standard InChI is InChI=1S/C17H27NO/c1-4-17(11-6-7-12-17)16(18-3)14-9-8-10-15(13-14)19-5-2/h8-10,13,16,18H,4-7,11-12H2,1-3H3. The van der Waals surface area contributed by atoms with Crippen molar-refractivity contribution in [3.8, 4) is 5.75 Å². The van der Waals surface area contributed by atoms with E-state index in [1.807, 2.05) is 13.0 Å². The van der Waals surface area contributed by atoms with E-state index in [1.165, 1.54) is 37.7 Å². The van der Waals surface area contributed by atoms with E-state index in [2.05, 4.69) is 37.5 Å². The molecule has 0 aromatic heterocycles. The van der Waals surface area contributed by atoms with Crippen molar-refractivity contribution in [3.05, 3.63) is 29.8 Å². The van der Waals surface area contributed by atoms with E-state index >= 15 is 0 Å². The highest BCUT2D eigenvalue weighted by molar-refractivity contribution is 5.32. The Kier molecular flexibility index (Phi) is 4.87. The third-order valence-electron chi connectivity index (χ3n) is 4.71. The van der Waals surface area contributed by atoms with Gasteiger partial charge in [0.25, 0.3) is 0 Å². The molecular formula is C17H27NO. The summed E-state index contributed by atoms with van der Waals surface area (Å²) in [5, 5.41) is 3.57. The Hall–Kier alpha value is -1.02. The Morgan fingerprint density at radius 2 is 2.00 bits per heavy atom. The molecule has 2 rings (SSSR count). The third kappa shape index (κ3) is 2.94. The van der Waals surface area contributed by atoms with Gasteiger partial charge in [0.15, 0.2) is 0 Å². The van der Waals surface area contributed by atoms with Crippen molar-refractivity contribution in [2.24, 2.45) is 5.41 Å². The van der Waals surface area contributed by atoms with Gasteiger partial charge in [0.2, 0.25) is 0 Å². The van der Waals surface area contributed by atoms with Gasteiger partial charge in [-0.05, 0) is 56.3 Å². The quantitative estimate of drug-likeness (QED) is 0.823. The predicted octanol–water partition coefficient (Wildman–Crippen LogP) is 4.32. The molecule has 106 valence electrons. The maximum atomic E-state index is 5.64. The van der Waals surface area contributed by atoms with Gasteiger partial charge in [-0.15, -0.1) is 0 Å². The lowest BCUT2D eigenvalue weighted by Gasteiger charge is -2.37. The summed E-state index contributed by atoms with van der Waals surface area (Å²) in [5.41, 5.74) is 1.80. The Bertz CT molecular complexity index is 396. The zero-order valence-corrected chi connectivity index (χ0v) is 12.5. The average Bonchev–Trinajstić information content (AvgIpc) is 2.90. The van der Waals surface area contributed by atoms with E-state index in [0.717, 1.165) is 12.4 Å². The molecule has 0 radical (unpaired) electrons. The molecule has 1 aromatic rings. The SMILES string of the molecule is CCOc1cccc(C(NC)C2(CC)CCCC2)c1. The van der Waals surface area contributed by atoms with Crippen LogP contribution in [0.3, 0.4) is 0 Å². The fraction of sp³-hybridized carbons (Fsp3) is 0.647. The number of ether oxygens (including phenoxy) is 1. The molecule has 0 saturated heterocycles. The predicted molar refractivity (Wildman–Crippen MR) is 80.6 cm³/mol. The molecule has 2 heteroatoms. The molecule has 1 aromatic carbocycles. The number of hydrogen-bond donors (Lipinski definition) is 1. The fourth-order valence-electron chi connectivity index (χ4n) is 3.70. The molecule has 1 atom stereocenters. The Morgan fingerprint density at radius 3 is 2.58 bits per heavy atom. The summed E-state index contributed by atoms with van der Waals surface area (Å²) in [4.78, 5) is 0. The third-order valence-corrected chi connectivity index (χ3v) is 4.71. The van der Waals surface area contributed by atoms with Crippen molar-refractivity contribution >= 4 is 0 Å². The summed E-state index contributed by atoms with van der Waals surface area (Å²) < 4.78 is 5.64. The second-order valence-corrected chi connectivity index (χ2v) is 5.65. The minimum atomic E-state index is 0.430. The average molecular weight is 261 g/mol. The van der Waals surface area contributed by atoms with Crippen LogP contribution in [0.4, 0.5) is 0 Å². The first-order valence-corrected chi connectivity index (χ1v) is 7.66. The van der Waals surface area contributed by atoms with Crippen LogP contribution >= 0.6 is 0 Å². The number of hydrogen-bond acceptors (Lipinski definition) is 2. The zero-order chi connectivity index (χ0) is 13.7. The molecule has 0 aliphatic heterocycles. The second-order valence-electron chi connectivity index (χ2n) is 5.65. The van der Waals surface area contributed by atoms with Crippen LogP contribution in [0.5, 0.6) is 5.75 Å². The fourth-order valence-corrected chi connectivity index (χ4v) is 3.70. The van der Waals surface area contributed by atoms with Crippen LogP contribution < -0.4 is 10.1 Å². The van der Waals surface area contributed by atoms with Gasteiger partial charge >= 0.3 is 0 Å². The smallest absolute Gasteiger partial charge is 0.119 e. The summed E-state index contributed by atoms with van der Waals surface area (Å²) in [6.45, 7) is 5.10. The van der Waals surface area contributed by atoms with Gasteiger partial charge in [-0.3, -0.25) is 0 Å². The topological polar surface area (TPSA) is 21.3 Å². The molecule has 1 aliphatic carbocycles. The lowest BCUT2D eigenvalue weighted by molar-refractivity contribution is 0.195. The van der Waals surface area contributed by atoms with Gasteiger partial charge in [0.05, 0.1) is 6.61 Å². The highest BCUT2D eigenvalue weighted by atomic mass is 16.5. The van der Waals surface area contributed by atoms with Crippen molar-refractivity contribution in [2.75, 3.05) is 13.7 Å². The highest BCUT2D eigenvalue weighted by Gasteiger charge is 2.39. The number of rotatable bonds is 6. The van der Waals surface area contributed by atoms with Gasteiger partial charge in [0.1, 0.15) is 5.75 Å². The molecule has 0 heterocycles. The molecule has 1 unspecified atom stereocenters. The van der Waals surface area contributed by atoms with E-state index in [1.54, 1.807) is 0 Å². The minimum absolute atomic E-state index is 0.430. The lowest BCUT2D eigenvalue weighted by atomic mass is 9.73.